The second-order valence-corrected chi connectivity index (χ2v) is 11.5. The lowest BCUT2D eigenvalue weighted by molar-refractivity contribution is -0.130. The summed E-state index contributed by atoms with van der Waals surface area (Å²) >= 11 is 6.59. The van der Waals surface area contributed by atoms with Gasteiger partial charge in [-0.3, -0.25) is 19.4 Å². The van der Waals surface area contributed by atoms with Gasteiger partial charge in [0.25, 0.3) is 5.56 Å². The van der Waals surface area contributed by atoms with Gasteiger partial charge in [-0.15, -0.1) is 0 Å². The molecular formula is C32H25ClN4O9. The van der Waals surface area contributed by atoms with E-state index in [0.29, 0.717) is 17.0 Å². The molecule has 2 aromatic heterocycles. The van der Waals surface area contributed by atoms with E-state index >= 15 is 0 Å². The number of anilines is 2. The molecule has 3 unspecified atom stereocenters. The number of nitrogens with two attached hydrogens (primary N) is 1. The lowest BCUT2D eigenvalue weighted by Gasteiger charge is -2.41. The lowest BCUT2D eigenvalue weighted by atomic mass is 9.66. The van der Waals surface area contributed by atoms with Gasteiger partial charge in [0.15, 0.2) is 5.75 Å². The number of H-pyrrole nitrogens is 1. The number of carboxylic acid groups (broad SMARTS) is 1. The summed E-state index contributed by atoms with van der Waals surface area (Å²) in [7, 11) is 2.78. The van der Waals surface area contributed by atoms with Crippen LogP contribution >= 0.6 is 11.6 Å². The van der Waals surface area contributed by atoms with Gasteiger partial charge in [0, 0.05) is 28.8 Å². The predicted molar refractivity (Wildman–Crippen MR) is 164 cm³/mol. The quantitative estimate of drug-likeness (QED) is 0.224. The number of rotatable bonds is 5. The van der Waals surface area contributed by atoms with Crippen LogP contribution in [0.3, 0.4) is 0 Å². The van der Waals surface area contributed by atoms with Crippen molar-refractivity contribution in [1.82, 2.24) is 9.97 Å². The number of carbonyl (C=O) groups excluding carboxylic acids is 2. The number of nitrogens with zero attached hydrogens (tertiary/aromatic N) is 1. The number of halogens is 1. The van der Waals surface area contributed by atoms with Crippen molar-refractivity contribution in [2.24, 2.45) is 5.92 Å². The molecule has 5 N–H and O–H groups in total. The molecule has 2 aromatic carbocycles. The fourth-order valence-electron chi connectivity index (χ4n) is 6.49. The van der Waals surface area contributed by atoms with Crippen molar-refractivity contribution in [2.45, 2.75) is 24.9 Å². The molecule has 46 heavy (non-hydrogen) atoms. The minimum absolute atomic E-state index is 0.00711. The highest BCUT2D eigenvalue weighted by Gasteiger charge is 2.64. The average molecular weight is 645 g/mol. The molecule has 3 aliphatic rings. The molecule has 0 amide bonds. The molecule has 1 spiro atoms. The second kappa shape index (κ2) is 10.2. The molecule has 4 heterocycles. The number of methoxy groups -OCH3 is 2. The van der Waals surface area contributed by atoms with E-state index in [4.69, 9.17) is 36.0 Å². The van der Waals surface area contributed by atoms with Crippen molar-refractivity contribution in [3.63, 3.8) is 0 Å². The number of benzene rings is 2. The number of aromatic carboxylic acids is 1. The first-order chi connectivity index (χ1) is 22.0. The van der Waals surface area contributed by atoms with E-state index in [0.717, 1.165) is 0 Å². The number of ether oxygens (including phenoxy) is 3. The highest BCUT2D eigenvalue weighted by molar-refractivity contribution is 6.36. The molecule has 0 radical (unpaired) electrons. The van der Waals surface area contributed by atoms with Crippen LogP contribution in [-0.2, 0) is 4.79 Å². The zero-order chi connectivity index (χ0) is 32.7. The van der Waals surface area contributed by atoms with E-state index in [-0.39, 0.29) is 68.5 Å². The third-order valence-corrected chi connectivity index (χ3v) is 9.04. The number of nitrogens with one attached hydrogen (secondary N) is 2. The third-order valence-electron chi connectivity index (χ3n) is 8.68. The normalized spacial score (nSPS) is 21.3. The van der Waals surface area contributed by atoms with Gasteiger partial charge < -0.3 is 34.8 Å². The standard InChI is InChI=1S/C32H25ClN4O9/c1-12-10-15-20(26(38)32(12)27(39)22-18(43-2)11-19(44-3)24(33)25(22)46-32)21(23-28(35-15)36-31(34)37-29(23)40)17-9-8-16(45-17)13-4-6-14(7-5-13)30(41)42/h4-9,11-12,21H,10H2,1-3H3,(H,41,42)(H4,34,35,36,37,40). The number of carboxylic acids is 1. The number of furan rings is 1. The Morgan fingerprint density at radius 3 is 2.48 bits per heavy atom. The smallest absolute Gasteiger partial charge is 0.335 e. The van der Waals surface area contributed by atoms with Crippen LogP contribution in [-0.4, -0.2) is 52.4 Å². The molecule has 14 heteroatoms. The largest absolute Gasteiger partial charge is 0.496 e. The number of aromatic amines is 1. The average Bonchev–Trinajstić information content (AvgIpc) is 3.64. The molecule has 0 fully saturated rings. The minimum atomic E-state index is -2.04. The van der Waals surface area contributed by atoms with Gasteiger partial charge in [0.2, 0.25) is 23.1 Å². The number of nitrogen functional groups attached to an aromatic ring is 1. The number of Topliss-reactive ketones (excluding diaryl/α,β-unsaturated/α-hetero) is 2. The van der Waals surface area contributed by atoms with Gasteiger partial charge in [-0.1, -0.05) is 30.7 Å². The Morgan fingerprint density at radius 1 is 1.09 bits per heavy atom. The lowest BCUT2D eigenvalue weighted by Crippen LogP contribution is -2.58. The summed E-state index contributed by atoms with van der Waals surface area (Å²) in [5.74, 6) is -3.41. The highest BCUT2D eigenvalue weighted by Crippen LogP contribution is 2.56. The van der Waals surface area contributed by atoms with E-state index in [1.165, 1.54) is 32.4 Å². The van der Waals surface area contributed by atoms with Gasteiger partial charge >= 0.3 is 5.97 Å². The van der Waals surface area contributed by atoms with Crippen LogP contribution in [0.2, 0.25) is 5.02 Å². The van der Waals surface area contributed by atoms with Gasteiger partial charge in [-0.25, -0.2) is 4.79 Å². The van der Waals surface area contributed by atoms with Crippen molar-refractivity contribution in [2.75, 3.05) is 25.3 Å². The molecule has 234 valence electrons. The summed E-state index contributed by atoms with van der Waals surface area (Å²) in [4.78, 5) is 60.8. The van der Waals surface area contributed by atoms with Crippen molar-refractivity contribution < 1.29 is 38.1 Å². The second-order valence-electron chi connectivity index (χ2n) is 11.1. The zero-order valence-corrected chi connectivity index (χ0v) is 25.3. The third kappa shape index (κ3) is 3.97. The summed E-state index contributed by atoms with van der Waals surface area (Å²) in [6.07, 6.45) is 0.145. The summed E-state index contributed by atoms with van der Waals surface area (Å²) in [6.45, 7) is 1.71. The van der Waals surface area contributed by atoms with Crippen LogP contribution in [0.1, 0.15) is 51.3 Å². The van der Waals surface area contributed by atoms with Crippen molar-refractivity contribution >= 4 is 40.9 Å². The first kappa shape index (κ1) is 29.2. The van der Waals surface area contributed by atoms with E-state index < -0.39 is 40.5 Å². The SMILES string of the molecule is COc1cc(OC)c2c(c1Cl)OC1(C(=O)C3=C(CC1C)Nc1nc(N)[nH]c(=O)c1C3c1ccc(-c3ccc(C(=O)O)cc3)o1)C2=O. The van der Waals surface area contributed by atoms with Crippen LogP contribution in [0.25, 0.3) is 11.3 Å². The number of hydrogen-bond acceptors (Lipinski definition) is 11. The van der Waals surface area contributed by atoms with Gasteiger partial charge in [-0.2, -0.15) is 4.98 Å². The van der Waals surface area contributed by atoms with E-state index in [2.05, 4.69) is 15.3 Å². The topological polar surface area (TPSA) is 196 Å². The zero-order valence-electron chi connectivity index (χ0n) is 24.5. The number of carbonyl (C=O) groups is 3. The number of ketones is 2. The minimum Gasteiger partial charge on any atom is -0.496 e. The maximum atomic E-state index is 14.9. The maximum absolute atomic E-state index is 14.9. The monoisotopic (exact) mass is 644 g/mol. The maximum Gasteiger partial charge on any atom is 0.335 e. The Labute approximate surface area is 264 Å². The molecule has 0 saturated heterocycles. The Kier molecular flexibility index (Phi) is 6.49. The number of allylic oxidation sites excluding steroid dienone is 1. The first-order valence-electron chi connectivity index (χ1n) is 14.1. The van der Waals surface area contributed by atoms with Crippen LogP contribution in [0, 0.1) is 5.92 Å². The molecule has 7 rings (SSSR count). The van der Waals surface area contributed by atoms with Gasteiger partial charge in [-0.05, 0) is 30.7 Å². The Hall–Kier alpha value is -5.56. The van der Waals surface area contributed by atoms with Crippen LogP contribution in [0.15, 0.2) is 62.9 Å². The first-order valence-corrected chi connectivity index (χ1v) is 14.4. The van der Waals surface area contributed by atoms with Crippen LogP contribution in [0.4, 0.5) is 11.8 Å². The van der Waals surface area contributed by atoms with Crippen LogP contribution < -0.4 is 30.8 Å². The Balaban J connectivity index is 1.39. The van der Waals surface area contributed by atoms with E-state index in [9.17, 15) is 24.3 Å². The molecular weight excluding hydrogens is 620 g/mol. The summed E-state index contributed by atoms with van der Waals surface area (Å²) < 4.78 is 23.4. The number of hydrogen-bond donors (Lipinski definition) is 4. The predicted octanol–water partition coefficient (Wildman–Crippen LogP) is 4.42. The van der Waals surface area contributed by atoms with Crippen molar-refractivity contribution in [1.29, 1.82) is 0 Å². The molecule has 0 bridgehead atoms. The molecule has 2 aliphatic heterocycles. The Bertz CT molecular complexity index is 2100. The van der Waals surface area contributed by atoms with Gasteiger partial charge in [0.1, 0.15) is 39.4 Å². The van der Waals surface area contributed by atoms with Crippen LogP contribution in [0.5, 0.6) is 17.2 Å². The van der Waals surface area contributed by atoms with Gasteiger partial charge in [0.05, 0.1) is 31.3 Å². The molecule has 0 saturated carbocycles. The summed E-state index contributed by atoms with van der Waals surface area (Å²) in [5.41, 5.74) is 4.42. The summed E-state index contributed by atoms with van der Waals surface area (Å²) in [6, 6.07) is 10.7. The van der Waals surface area contributed by atoms with Crippen molar-refractivity contribution in [3.05, 3.63) is 91.6 Å². The fraction of sp³-hybridized carbons (Fsp3) is 0.219. The number of aromatic nitrogens is 2. The van der Waals surface area contributed by atoms with E-state index in [1.54, 1.807) is 31.2 Å². The number of fused-ring (bicyclic) bond motifs is 2. The molecule has 3 atom stereocenters. The molecule has 1 aliphatic carbocycles. The Morgan fingerprint density at radius 2 is 1.80 bits per heavy atom. The fourth-order valence-corrected chi connectivity index (χ4v) is 6.76. The molecule has 13 nitrogen and oxygen atoms in total. The van der Waals surface area contributed by atoms with Crippen molar-refractivity contribution in [3.8, 4) is 28.6 Å². The summed E-state index contributed by atoms with van der Waals surface area (Å²) in [5, 5.41) is 12.4. The van der Waals surface area contributed by atoms with E-state index in [1.807, 2.05) is 0 Å². The molecule has 4 aromatic rings. The highest BCUT2D eigenvalue weighted by atomic mass is 35.5.